The first-order chi connectivity index (χ1) is 16.3. The van der Waals surface area contributed by atoms with E-state index in [2.05, 4.69) is 19.1 Å². The molecule has 2 aliphatic rings. The van der Waals surface area contributed by atoms with Crippen LogP contribution in [0, 0.1) is 0 Å². The number of thiophene rings is 2. The van der Waals surface area contributed by atoms with Crippen molar-refractivity contribution >= 4 is 33.7 Å². The van der Waals surface area contributed by atoms with E-state index in [1.165, 1.54) is 19.3 Å². The van der Waals surface area contributed by atoms with Gasteiger partial charge in [0.25, 0.3) is 0 Å². The van der Waals surface area contributed by atoms with Crippen LogP contribution >= 0.6 is 22.7 Å². The molecule has 7 nitrogen and oxygen atoms in total. The molecular weight excluding hydrogens is 458 g/mol. The zero-order valence-electron chi connectivity index (χ0n) is 18.5. The Kier molecular flexibility index (Phi) is 5.59. The van der Waals surface area contributed by atoms with Gasteiger partial charge in [0.15, 0.2) is 23.0 Å². The van der Waals surface area contributed by atoms with Crippen LogP contribution in [-0.4, -0.2) is 41.4 Å². The van der Waals surface area contributed by atoms with Gasteiger partial charge in [-0.15, -0.1) is 22.7 Å². The van der Waals surface area contributed by atoms with Crippen molar-refractivity contribution in [2.45, 2.75) is 39.2 Å². The highest BCUT2D eigenvalue weighted by atomic mass is 32.1. The number of ether oxygens (including phenoxy) is 4. The van der Waals surface area contributed by atoms with E-state index in [0.29, 0.717) is 26.4 Å². The molecule has 4 aromatic rings. The molecule has 3 aromatic heterocycles. The first kappa shape index (κ1) is 20.8. The molecule has 5 heterocycles. The number of rotatable bonds is 7. The van der Waals surface area contributed by atoms with Crippen LogP contribution in [-0.2, 0) is 6.54 Å². The fourth-order valence-corrected chi connectivity index (χ4v) is 6.20. The molecule has 0 saturated heterocycles. The lowest BCUT2D eigenvalue weighted by Gasteiger charge is -2.17. The summed E-state index contributed by atoms with van der Waals surface area (Å²) < 4.78 is 23.5. The Balaban J connectivity index is 1.47. The highest BCUT2D eigenvalue weighted by molar-refractivity contribution is 7.15. The average molecular weight is 484 g/mol. The van der Waals surface area contributed by atoms with Crippen LogP contribution < -0.4 is 18.9 Å². The molecule has 0 bridgehead atoms. The molecule has 2 aliphatic heterocycles. The highest BCUT2D eigenvalue weighted by Gasteiger charge is 2.26. The van der Waals surface area contributed by atoms with Crippen LogP contribution in [0.1, 0.15) is 32.6 Å². The van der Waals surface area contributed by atoms with Gasteiger partial charge in [-0.1, -0.05) is 38.3 Å². The first-order valence-corrected chi connectivity index (χ1v) is 13.2. The van der Waals surface area contributed by atoms with Gasteiger partial charge >= 0.3 is 0 Å². The summed E-state index contributed by atoms with van der Waals surface area (Å²) in [4.78, 5) is 3.92. The number of nitrogens with zero attached hydrogens (tertiary/aromatic N) is 3. The normalized spacial score (nSPS) is 14.7. The van der Waals surface area contributed by atoms with E-state index in [1.807, 2.05) is 15.6 Å². The minimum Gasteiger partial charge on any atom is -0.485 e. The largest absolute Gasteiger partial charge is 0.485 e. The van der Waals surface area contributed by atoms with E-state index in [-0.39, 0.29) is 0 Å². The minimum atomic E-state index is 0.556. The Morgan fingerprint density at radius 2 is 1.30 bits per heavy atom. The molecule has 9 heteroatoms. The number of aryl methyl sites for hydroxylation is 1. The van der Waals surface area contributed by atoms with Crippen molar-refractivity contribution in [3.8, 4) is 43.9 Å². The molecule has 0 radical (unpaired) electrons. The number of unbranched alkanes of at least 4 members (excludes halogenated alkanes) is 3. The third-order valence-corrected chi connectivity index (χ3v) is 7.83. The molecule has 0 unspecified atom stereocenters. The molecule has 0 saturated carbocycles. The zero-order valence-corrected chi connectivity index (χ0v) is 20.1. The van der Waals surface area contributed by atoms with Gasteiger partial charge in [-0.25, -0.2) is 0 Å². The highest BCUT2D eigenvalue weighted by Crippen LogP contribution is 2.50. The molecule has 0 spiro atoms. The predicted molar refractivity (Wildman–Crippen MR) is 130 cm³/mol. The second kappa shape index (κ2) is 8.87. The van der Waals surface area contributed by atoms with Crippen molar-refractivity contribution in [3.05, 3.63) is 22.9 Å². The van der Waals surface area contributed by atoms with Crippen LogP contribution in [0.15, 0.2) is 22.9 Å². The van der Waals surface area contributed by atoms with E-state index in [4.69, 9.17) is 29.1 Å². The van der Waals surface area contributed by atoms with Gasteiger partial charge in [-0.2, -0.15) is 15.0 Å². The molecular formula is C24H25N3O4S2. The molecule has 0 fully saturated rings. The van der Waals surface area contributed by atoms with E-state index in [9.17, 15) is 0 Å². The number of benzene rings is 1. The third kappa shape index (κ3) is 3.73. The maximum Gasteiger partial charge on any atom is 0.180 e. The molecule has 1 aromatic carbocycles. The van der Waals surface area contributed by atoms with E-state index in [1.54, 1.807) is 22.7 Å². The minimum absolute atomic E-state index is 0.556. The lowest BCUT2D eigenvalue weighted by Crippen LogP contribution is -2.14. The summed E-state index contributed by atoms with van der Waals surface area (Å²) in [5, 5.41) is 13.9. The number of fused-ring (bicyclic) bond motifs is 3. The molecule has 33 heavy (non-hydrogen) atoms. The maximum atomic E-state index is 5.97. The molecule has 0 atom stereocenters. The third-order valence-electron chi connectivity index (χ3n) is 5.89. The number of hydrogen-bond acceptors (Lipinski definition) is 8. The van der Waals surface area contributed by atoms with Crippen LogP contribution in [0.2, 0.25) is 0 Å². The average Bonchev–Trinajstić information content (AvgIpc) is 3.58. The lowest BCUT2D eigenvalue weighted by molar-refractivity contribution is 0.174. The number of hydrogen-bond donors (Lipinski definition) is 0. The van der Waals surface area contributed by atoms with E-state index < -0.39 is 0 Å². The smallest absolute Gasteiger partial charge is 0.180 e. The Hall–Kier alpha value is -2.78. The Bertz CT molecular complexity index is 1200. The molecule has 0 N–H and O–H groups in total. The van der Waals surface area contributed by atoms with E-state index >= 15 is 0 Å². The van der Waals surface area contributed by atoms with E-state index in [0.717, 1.165) is 67.9 Å². The summed E-state index contributed by atoms with van der Waals surface area (Å²) in [6.45, 7) is 5.30. The zero-order chi connectivity index (χ0) is 22.2. The van der Waals surface area contributed by atoms with Crippen molar-refractivity contribution in [3.63, 3.8) is 0 Å². The summed E-state index contributed by atoms with van der Waals surface area (Å²) in [7, 11) is 0. The summed E-state index contributed by atoms with van der Waals surface area (Å²) in [6, 6.07) is 4.24. The van der Waals surface area contributed by atoms with Gasteiger partial charge in [-0.3, -0.25) is 0 Å². The first-order valence-electron chi connectivity index (χ1n) is 11.5. The van der Waals surface area contributed by atoms with Gasteiger partial charge in [0.2, 0.25) is 0 Å². The fourth-order valence-electron chi connectivity index (χ4n) is 4.28. The van der Waals surface area contributed by atoms with Gasteiger partial charge in [0.05, 0.1) is 16.3 Å². The Labute approximate surface area is 199 Å². The van der Waals surface area contributed by atoms with Gasteiger partial charge in [0, 0.05) is 21.9 Å². The topological polar surface area (TPSA) is 67.6 Å². The van der Waals surface area contributed by atoms with Crippen molar-refractivity contribution in [1.29, 1.82) is 0 Å². The molecule has 0 aliphatic carbocycles. The van der Waals surface area contributed by atoms with Crippen LogP contribution in [0.3, 0.4) is 0 Å². The van der Waals surface area contributed by atoms with Gasteiger partial charge in [0.1, 0.15) is 37.5 Å². The molecule has 6 rings (SSSR count). The SMILES string of the molecule is CCCCCCn1nc2c(-c3scc4c3OCCO4)ccc(-c3scc4c3OCCO4)c2n1. The maximum absolute atomic E-state index is 5.97. The van der Waals surface area contributed by atoms with Crippen molar-refractivity contribution < 1.29 is 18.9 Å². The van der Waals surface area contributed by atoms with Crippen LogP contribution in [0.5, 0.6) is 23.0 Å². The van der Waals surface area contributed by atoms with Crippen LogP contribution in [0.4, 0.5) is 0 Å². The predicted octanol–water partition coefficient (Wildman–Crippen LogP) is 6.01. The second-order valence-corrected chi connectivity index (χ2v) is 9.88. The van der Waals surface area contributed by atoms with Crippen LogP contribution in [0.25, 0.3) is 31.9 Å². The standard InChI is InChI=1S/C24H25N3O4S2/c1-2-3-4-5-8-27-25-19-15(23-21-17(13-32-23)28-9-11-30-21)6-7-16(20(19)26-27)24-22-18(14-33-24)29-10-12-31-22/h6-7,13-14H,2-5,8-12H2,1H3. The number of aromatic nitrogens is 3. The lowest BCUT2D eigenvalue weighted by atomic mass is 10.0. The quantitative estimate of drug-likeness (QED) is 0.300. The Morgan fingerprint density at radius 3 is 1.85 bits per heavy atom. The monoisotopic (exact) mass is 483 g/mol. The summed E-state index contributed by atoms with van der Waals surface area (Å²) in [5.74, 6) is 3.23. The van der Waals surface area contributed by atoms with Gasteiger partial charge in [-0.05, 0) is 6.42 Å². The van der Waals surface area contributed by atoms with Gasteiger partial charge < -0.3 is 18.9 Å². The summed E-state index contributed by atoms with van der Waals surface area (Å²) >= 11 is 3.25. The Morgan fingerprint density at radius 1 is 0.758 bits per heavy atom. The van der Waals surface area contributed by atoms with Crippen molar-refractivity contribution in [2.24, 2.45) is 0 Å². The molecule has 172 valence electrons. The van der Waals surface area contributed by atoms with Crippen molar-refractivity contribution in [2.75, 3.05) is 26.4 Å². The molecule has 0 amide bonds. The second-order valence-electron chi connectivity index (χ2n) is 8.12. The summed E-state index contributed by atoms with van der Waals surface area (Å²) in [6.07, 6.45) is 4.69. The fraction of sp³-hybridized carbons (Fsp3) is 0.417. The van der Waals surface area contributed by atoms with Crippen molar-refractivity contribution in [1.82, 2.24) is 15.0 Å². The summed E-state index contributed by atoms with van der Waals surface area (Å²) in [5.41, 5.74) is 3.79.